The van der Waals surface area contributed by atoms with Crippen molar-refractivity contribution in [2.24, 2.45) is 10.9 Å². The number of piperazine rings is 1. The average Bonchev–Trinajstić information content (AvgIpc) is 3.33. The number of hydrogen-bond acceptors (Lipinski definition) is 6. The molecule has 0 bridgehead atoms. The monoisotopic (exact) mass is 508 g/mol. The van der Waals surface area contributed by atoms with E-state index >= 15 is 0 Å². The number of nitriles is 1. The Labute approximate surface area is 201 Å². The molecule has 0 aliphatic carbocycles. The summed E-state index contributed by atoms with van der Waals surface area (Å²) in [5.74, 6) is 0.326. The molecule has 1 saturated heterocycles. The van der Waals surface area contributed by atoms with Crippen LogP contribution in [-0.2, 0) is 10.2 Å². The lowest BCUT2D eigenvalue weighted by atomic mass is 9.73. The van der Waals surface area contributed by atoms with Gasteiger partial charge in [0.1, 0.15) is 6.73 Å². The molecule has 0 saturated carbocycles. The summed E-state index contributed by atoms with van der Waals surface area (Å²) in [5.41, 5.74) is -0.342. The first-order valence-electron chi connectivity index (χ1n) is 10.8. The zero-order valence-corrected chi connectivity index (χ0v) is 21.4. The van der Waals surface area contributed by atoms with Crippen LogP contribution in [0.3, 0.4) is 0 Å². The van der Waals surface area contributed by atoms with Gasteiger partial charge >= 0.3 is 0 Å². The maximum atomic E-state index is 9.94. The Hall–Kier alpha value is -1.30. The first-order valence-corrected chi connectivity index (χ1v) is 12.6. The van der Waals surface area contributed by atoms with Crippen LogP contribution in [-0.4, -0.2) is 67.5 Å². The Morgan fingerprint density at radius 1 is 1.26 bits per heavy atom. The third-order valence-electron chi connectivity index (χ3n) is 5.61. The Balaban J connectivity index is 0.00000110. The molecule has 1 aromatic rings. The third kappa shape index (κ3) is 9.80. The van der Waals surface area contributed by atoms with Crippen LogP contribution < -0.4 is 0 Å². The third-order valence-corrected chi connectivity index (χ3v) is 6.95. The Kier molecular flexibility index (Phi) is 14.6. The van der Waals surface area contributed by atoms with Crippen molar-refractivity contribution in [2.45, 2.75) is 32.1 Å². The highest BCUT2D eigenvalue weighted by molar-refractivity contribution is 9.17. The summed E-state index contributed by atoms with van der Waals surface area (Å²) in [4.78, 5) is 10.2. The summed E-state index contributed by atoms with van der Waals surface area (Å²) in [7, 11) is 0. The van der Waals surface area contributed by atoms with Gasteiger partial charge in [0.25, 0.3) is 0 Å². The first-order chi connectivity index (χ1) is 15.0. The highest BCUT2D eigenvalue weighted by Crippen LogP contribution is 2.39. The smallest absolute Gasteiger partial charge is 0.138 e. The summed E-state index contributed by atoms with van der Waals surface area (Å²) < 4.78 is 5.46. The molecule has 1 aromatic heterocycles. The molecule has 7 heteroatoms. The molecule has 0 aromatic carbocycles. The molecule has 0 spiro atoms. The molecule has 2 heterocycles. The van der Waals surface area contributed by atoms with Gasteiger partial charge in [-0.3, -0.25) is 9.89 Å². The van der Waals surface area contributed by atoms with Crippen LogP contribution >= 0.6 is 27.3 Å². The van der Waals surface area contributed by atoms with E-state index in [4.69, 9.17) is 4.74 Å². The van der Waals surface area contributed by atoms with Crippen molar-refractivity contribution < 1.29 is 4.74 Å². The van der Waals surface area contributed by atoms with E-state index in [-0.39, 0.29) is 5.41 Å². The fourth-order valence-electron chi connectivity index (χ4n) is 3.63. The van der Waals surface area contributed by atoms with Crippen molar-refractivity contribution in [3.8, 4) is 6.07 Å². The van der Waals surface area contributed by atoms with Gasteiger partial charge in [-0.15, -0.1) is 11.3 Å². The molecule has 31 heavy (non-hydrogen) atoms. The second kappa shape index (κ2) is 16.3. The summed E-state index contributed by atoms with van der Waals surface area (Å²) >= 11 is 4.85. The Morgan fingerprint density at radius 2 is 1.90 bits per heavy atom. The standard InChI is InChI=1S/C20H31BrN4OS.C4H6/c1-18(2)20(15-22,19-5-3-14-27-19)6-4-7-24-8-10-25(11-9-24)12-13-26-17-23-16-21;1-3-4-2/h3,5,14,16,18H,4,6-13,17H2,1-2H3;3-4H,1-2H2/b23-16+;. The lowest BCUT2D eigenvalue weighted by Crippen LogP contribution is -2.47. The van der Waals surface area contributed by atoms with Crippen molar-refractivity contribution in [3.63, 3.8) is 0 Å². The number of aliphatic imine (C=N–C) groups is 1. The summed E-state index contributed by atoms with van der Waals surface area (Å²) in [6.45, 7) is 18.6. The normalized spacial score (nSPS) is 17.0. The predicted octanol–water partition coefficient (Wildman–Crippen LogP) is 5.32. The van der Waals surface area contributed by atoms with Crippen LogP contribution in [0, 0.1) is 17.2 Å². The maximum absolute atomic E-state index is 9.94. The van der Waals surface area contributed by atoms with E-state index in [1.54, 1.807) is 28.6 Å². The van der Waals surface area contributed by atoms with E-state index in [0.717, 1.165) is 58.7 Å². The van der Waals surface area contributed by atoms with E-state index in [2.05, 4.69) is 81.3 Å². The minimum Gasteiger partial charge on any atom is -0.358 e. The molecular formula is C24H37BrN4OS. The van der Waals surface area contributed by atoms with Crippen LogP contribution in [0.5, 0.6) is 0 Å². The Bertz CT molecular complexity index is 672. The number of hydrogen-bond donors (Lipinski definition) is 0. The van der Waals surface area contributed by atoms with Gasteiger partial charge in [-0.25, -0.2) is 0 Å². The van der Waals surface area contributed by atoms with Gasteiger partial charge in [-0.2, -0.15) is 5.26 Å². The molecule has 0 amide bonds. The maximum Gasteiger partial charge on any atom is 0.138 e. The highest BCUT2D eigenvalue weighted by atomic mass is 79.9. The van der Waals surface area contributed by atoms with E-state index in [1.165, 1.54) is 4.88 Å². The fraction of sp³-hybridized carbons (Fsp3) is 0.583. The van der Waals surface area contributed by atoms with Crippen LogP contribution in [0.25, 0.3) is 0 Å². The molecule has 1 fully saturated rings. The van der Waals surface area contributed by atoms with Crippen LogP contribution in [0.4, 0.5) is 0 Å². The number of halogens is 1. The number of rotatable bonds is 12. The minimum absolute atomic E-state index is 0.326. The lowest BCUT2D eigenvalue weighted by molar-refractivity contribution is 0.0779. The summed E-state index contributed by atoms with van der Waals surface area (Å²) in [5, 5.41) is 13.6. The number of thiophene rings is 1. The molecule has 5 nitrogen and oxygen atoms in total. The molecule has 1 aliphatic rings. The van der Waals surface area contributed by atoms with E-state index < -0.39 is 0 Å². The second-order valence-corrected chi connectivity index (χ2v) is 9.15. The zero-order chi connectivity index (χ0) is 23.0. The molecule has 1 unspecified atom stereocenters. The topological polar surface area (TPSA) is 51.9 Å². The largest absolute Gasteiger partial charge is 0.358 e. The fourth-order valence-corrected chi connectivity index (χ4v) is 4.80. The van der Waals surface area contributed by atoms with Crippen molar-refractivity contribution in [2.75, 3.05) is 52.6 Å². The van der Waals surface area contributed by atoms with Gasteiger partial charge in [-0.1, -0.05) is 45.2 Å². The average molecular weight is 510 g/mol. The van der Waals surface area contributed by atoms with Crippen molar-refractivity contribution >= 4 is 32.4 Å². The summed E-state index contributed by atoms with van der Waals surface area (Å²) in [6, 6.07) is 6.84. The molecule has 0 N–H and O–H groups in total. The molecule has 0 radical (unpaired) electrons. The minimum atomic E-state index is -0.342. The van der Waals surface area contributed by atoms with Crippen molar-refractivity contribution in [3.05, 3.63) is 47.7 Å². The SMILES string of the molecule is C=CC=C.CC(C)C(C#N)(CCCN1CCN(CCOC/N=C/Br)CC1)c1cccs1. The molecule has 1 aliphatic heterocycles. The van der Waals surface area contributed by atoms with Gasteiger partial charge in [-0.05, 0) is 52.7 Å². The number of allylic oxidation sites excluding steroid dienone is 2. The predicted molar refractivity (Wildman–Crippen MR) is 137 cm³/mol. The number of nitrogens with zero attached hydrogens (tertiary/aromatic N) is 4. The van der Waals surface area contributed by atoms with Gasteiger partial charge in [0.2, 0.25) is 0 Å². The highest BCUT2D eigenvalue weighted by Gasteiger charge is 2.36. The van der Waals surface area contributed by atoms with E-state index in [1.807, 2.05) is 0 Å². The van der Waals surface area contributed by atoms with Gasteiger partial charge in [0, 0.05) is 37.6 Å². The molecule has 2 rings (SSSR count). The zero-order valence-electron chi connectivity index (χ0n) is 19.0. The van der Waals surface area contributed by atoms with Gasteiger partial charge in [0.15, 0.2) is 0 Å². The van der Waals surface area contributed by atoms with Crippen LogP contribution in [0.2, 0.25) is 0 Å². The van der Waals surface area contributed by atoms with Crippen molar-refractivity contribution in [1.82, 2.24) is 9.80 Å². The lowest BCUT2D eigenvalue weighted by Gasteiger charge is -2.35. The second-order valence-electron chi connectivity index (χ2n) is 7.79. The quantitative estimate of drug-likeness (QED) is 0.218. The summed E-state index contributed by atoms with van der Waals surface area (Å²) in [6.07, 6.45) is 5.28. The van der Waals surface area contributed by atoms with Crippen LogP contribution in [0.1, 0.15) is 31.6 Å². The Morgan fingerprint density at radius 3 is 2.39 bits per heavy atom. The van der Waals surface area contributed by atoms with Crippen molar-refractivity contribution in [1.29, 1.82) is 5.26 Å². The van der Waals surface area contributed by atoms with Crippen LogP contribution in [0.15, 0.2) is 47.8 Å². The first kappa shape index (κ1) is 27.7. The van der Waals surface area contributed by atoms with Gasteiger partial charge < -0.3 is 9.64 Å². The van der Waals surface area contributed by atoms with E-state index in [0.29, 0.717) is 12.6 Å². The number of ether oxygens (including phenoxy) is 1. The molecule has 172 valence electrons. The van der Waals surface area contributed by atoms with E-state index in [9.17, 15) is 5.26 Å². The molecular weight excluding hydrogens is 472 g/mol. The molecule has 1 atom stereocenters. The van der Waals surface area contributed by atoms with Gasteiger partial charge in [0.05, 0.1) is 23.2 Å².